The quantitative estimate of drug-likeness (QED) is 0.363. The second kappa shape index (κ2) is 9.93. The Morgan fingerprint density at radius 1 is 1.09 bits per heavy atom. The number of para-hydroxylation sites is 1. The molecule has 0 aliphatic heterocycles. The van der Waals surface area contributed by atoms with Crippen LogP contribution in [-0.2, 0) is 14.8 Å². The third-order valence-corrected chi connectivity index (χ3v) is 6.93. The van der Waals surface area contributed by atoms with Crippen molar-refractivity contribution in [3.8, 4) is 5.69 Å². The van der Waals surface area contributed by atoms with Crippen LogP contribution in [0.25, 0.3) is 5.69 Å². The first-order valence-corrected chi connectivity index (χ1v) is 12.9. The molecule has 1 aromatic heterocycles. The van der Waals surface area contributed by atoms with Crippen molar-refractivity contribution in [2.45, 2.75) is 27.7 Å². The molecule has 0 atom stereocenters. The van der Waals surface area contributed by atoms with Crippen molar-refractivity contribution in [3.05, 3.63) is 81.1 Å². The number of hydrogen-bond acceptors (Lipinski definition) is 4. The lowest BCUT2D eigenvalue weighted by Crippen LogP contribution is -2.39. The first-order chi connectivity index (χ1) is 15.5. The number of sulfonamides is 1. The van der Waals surface area contributed by atoms with E-state index in [1.165, 1.54) is 11.1 Å². The molecule has 1 N–H and O–H groups in total. The Bertz CT molecular complexity index is 1310. The van der Waals surface area contributed by atoms with Gasteiger partial charge in [0, 0.05) is 27.1 Å². The minimum atomic E-state index is -3.67. The standard InChI is InChI=1S/C24H27BrN4O3S/c1-16-10-17(2)12-21(11-16)29-18(3)13-20(19(29)4)14-26-27-24(30)15-28(33(5,31)32)23-9-7-6-8-22(23)25/h6-14H,15H2,1-5H3,(H,27,30)/b26-14-. The first kappa shape index (κ1) is 24.7. The number of amides is 1. The maximum atomic E-state index is 12.5. The Hall–Kier alpha value is -2.91. The van der Waals surface area contributed by atoms with E-state index in [1.54, 1.807) is 30.5 Å². The molecule has 1 amide bonds. The highest BCUT2D eigenvalue weighted by atomic mass is 79.9. The van der Waals surface area contributed by atoms with E-state index < -0.39 is 15.9 Å². The summed E-state index contributed by atoms with van der Waals surface area (Å²) in [6.45, 7) is 7.75. The van der Waals surface area contributed by atoms with Gasteiger partial charge in [-0.05, 0) is 85.1 Å². The largest absolute Gasteiger partial charge is 0.318 e. The zero-order valence-corrected chi connectivity index (χ0v) is 21.7. The lowest BCUT2D eigenvalue weighted by molar-refractivity contribution is -0.119. The van der Waals surface area contributed by atoms with Crippen LogP contribution in [0.4, 0.5) is 5.69 Å². The van der Waals surface area contributed by atoms with Crippen molar-refractivity contribution in [1.29, 1.82) is 0 Å². The molecule has 0 saturated carbocycles. The fourth-order valence-electron chi connectivity index (χ4n) is 3.77. The van der Waals surface area contributed by atoms with Gasteiger partial charge in [0.1, 0.15) is 6.54 Å². The van der Waals surface area contributed by atoms with Crippen LogP contribution in [0.2, 0.25) is 0 Å². The van der Waals surface area contributed by atoms with E-state index >= 15 is 0 Å². The van der Waals surface area contributed by atoms with Crippen LogP contribution in [0.5, 0.6) is 0 Å². The molecule has 2 aromatic carbocycles. The Kier molecular flexibility index (Phi) is 7.44. The molecule has 0 bridgehead atoms. The van der Waals surface area contributed by atoms with Crippen molar-refractivity contribution >= 4 is 43.8 Å². The van der Waals surface area contributed by atoms with Gasteiger partial charge in [-0.3, -0.25) is 9.10 Å². The van der Waals surface area contributed by atoms with Crippen molar-refractivity contribution in [1.82, 2.24) is 9.99 Å². The SMILES string of the molecule is Cc1cc(C)cc(-n2c(C)cc(/C=N\NC(=O)CN(c3ccccc3Br)S(C)(=O)=O)c2C)c1. The molecule has 0 aliphatic rings. The zero-order valence-electron chi connectivity index (χ0n) is 19.3. The summed E-state index contributed by atoms with van der Waals surface area (Å²) in [5.74, 6) is -0.546. The highest BCUT2D eigenvalue weighted by Gasteiger charge is 2.22. The predicted octanol–water partition coefficient (Wildman–Crippen LogP) is 4.39. The summed E-state index contributed by atoms with van der Waals surface area (Å²) in [6.07, 6.45) is 2.63. The Morgan fingerprint density at radius 2 is 1.73 bits per heavy atom. The van der Waals surface area contributed by atoms with E-state index in [-0.39, 0.29) is 6.54 Å². The number of nitrogens with one attached hydrogen (secondary N) is 1. The second-order valence-electron chi connectivity index (χ2n) is 8.02. The molecule has 3 aromatic rings. The molecule has 7 nitrogen and oxygen atoms in total. The molecule has 174 valence electrons. The molecule has 0 fully saturated rings. The Labute approximate surface area is 203 Å². The molecular formula is C24H27BrN4O3S. The molecule has 1 heterocycles. The van der Waals surface area contributed by atoms with Gasteiger partial charge >= 0.3 is 0 Å². The number of anilines is 1. The molecule has 0 unspecified atom stereocenters. The average molecular weight is 531 g/mol. The van der Waals surface area contributed by atoms with E-state index in [0.29, 0.717) is 10.2 Å². The number of hydrazone groups is 1. The number of halogens is 1. The average Bonchev–Trinajstić information content (AvgIpc) is 2.98. The summed E-state index contributed by atoms with van der Waals surface area (Å²) >= 11 is 3.34. The smallest absolute Gasteiger partial charge is 0.260 e. The minimum Gasteiger partial charge on any atom is -0.318 e. The third-order valence-electron chi connectivity index (χ3n) is 5.14. The maximum Gasteiger partial charge on any atom is 0.260 e. The molecular weight excluding hydrogens is 504 g/mol. The normalized spacial score (nSPS) is 11.7. The lowest BCUT2D eigenvalue weighted by atomic mass is 10.1. The molecule has 0 saturated heterocycles. The fraction of sp³-hybridized carbons (Fsp3) is 0.250. The number of benzene rings is 2. The number of rotatable bonds is 7. The summed E-state index contributed by atoms with van der Waals surface area (Å²) < 4.78 is 28.3. The minimum absolute atomic E-state index is 0.385. The number of aromatic nitrogens is 1. The molecule has 0 spiro atoms. The van der Waals surface area contributed by atoms with Gasteiger partial charge in [-0.1, -0.05) is 18.2 Å². The third kappa shape index (κ3) is 5.91. The summed E-state index contributed by atoms with van der Waals surface area (Å²) in [4.78, 5) is 12.5. The van der Waals surface area contributed by atoms with Crippen LogP contribution >= 0.6 is 15.9 Å². The first-order valence-electron chi connectivity index (χ1n) is 10.3. The number of carbonyl (C=O) groups excluding carboxylic acids is 1. The predicted molar refractivity (Wildman–Crippen MR) is 137 cm³/mol. The molecule has 0 radical (unpaired) electrons. The van der Waals surface area contributed by atoms with Gasteiger partial charge in [0.15, 0.2) is 0 Å². The summed E-state index contributed by atoms with van der Waals surface area (Å²) in [6, 6.07) is 15.2. The maximum absolute atomic E-state index is 12.5. The van der Waals surface area contributed by atoms with E-state index in [1.807, 2.05) is 19.9 Å². The van der Waals surface area contributed by atoms with E-state index in [0.717, 1.165) is 33.2 Å². The van der Waals surface area contributed by atoms with Gasteiger partial charge in [-0.15, -0.1) is 0 Å². The van der Waals surface area contributed by atoms with Gasteiger partial charge in [0.25, 0.3) is 5.91 Å². The zero-order chi connectivity index (χ0) is 24.3. The van der Waals surface area contributed by atoms with Gasteiger partial charge in [-0.2, -0.15) is 5.10 Å². The summed E-state index contributed by atoms with van der Waals surface area (Å²) in [5, 5.41) is 4.07. The topological polar surface area (TPSA) is 83.8 Å². The number of hydrogen-bond donors (Lipinski definition) is 1. The molecule has 9 heteroatoms. The van der Waals surface area contributed by atoms with Crippen molar-refractivity contribution < 1.29 is 13.2 Å². The van der Waals surface area contributed by atoms with Gasteiger partial charge in [0.2, 0.25) is 10.0 Å². The number of carbonyl (C=O) groups is 1. The van der Waals surface area contributed by atoms with Crippen molar-refractivity contribution in [3.63, 3.8) is 0 Å². The Morgan fingerprint density at radius 3 is 2.33 bits per heavy atom. The van der Waals surface area contributed by atoms with Crippen molar-refractivity contribution in [2.24, 2.45) is 5.10 Å². The number of nitrogens with zero attached hydrogens (tertiary/aromatic N) is 3. The highest BCUT2D eigenvalue weighted by Crippen LogP contribution is 2.27. The van der Waals surface area contributed by atoms with Gasteiger partial charge in [0.05, 0.1) is 18.2 Å². The van der Waals surface area contributed by atoms with Gasteiger partial charge in [-0.25, -0.2) is 13.8 Å². The highest BCUT2D eigenvalue weighted by molar-refractivity contribution is 9.10. The summed E-state index contributed by atoms with van der Waals surface area (Å²) in [7, 11) is -3.67. The monoisotopic (exact) mass is 530 g/mol. The van der Waals surface area contributed by atoms with Crippen LogP contribution in [0.3, 0.4) is 0 Å². The lowest BCUT2D eigenvalue weighted by Gasteiger charge is -2.22. The molecule has 0 aliphatic carbocycles. The fourth-order valence-corrected chi connectivity index (χ4v) is 5.25. The van der Waals surface area contributed by atoms with Crippen molar-refractivity contribution in [2.75, 3.05) is 17.1 Å². The van der Waals surface area contributed by atoms with Crippen LogP contribution < -0.4 is 9.73 Å². The summed E-state index contributed by atoms with van der Waals surface area (Å²) in [5.41, 5.74) is 9.15. The number of aryl methyl sites for hydroxylation is 3. The Balaban J connectivity index is 1.77. The van der Waals surface area contributed by atoms with E-state index in [2.05, 4.69) is 63.1 Å². The van der Waals surface area contributed by atoms with E-state index in [9.17, 15) is 13.2 Å². The van der Waals surface area contributed by atoms with Crippen LogP contribution in [0.1, 0.15) is 28.1 Å². The van der Waals surface area contributed by atoms with Crippen LogP contribution in [0, 0.1) is 27.7 Å². The molecule has 3 rings (SSSR count). The van der Waals surface area contributed by atoms with E-state index in [4.69, 9.17) is 0 Å². The van der Waals surface area contributed by atoms with Gasteiger partial charge < -0.3 is 4.57 Å². The van der Waals surface area contributed by atoms with Crippen LogP contribution in [0.15, 0.2) is 58.1 Å². The second-order valence-corrected chi connectivity index (χ2v) is 10.8. The molecule has 33 heavy (non-hydrogen) atoms. The van der Waals surface area contributed by atoms with Crippen LogP contribution in [-0.4, -0.2) is 37.9 Å².